The Morgan fingerprint density at radius 3 is 2.50 bits per heavy atom. The summed E-state index contributed by atoms with van der Waals surface area (Å²) in [5, 5.41) is 7.10. The Hall–Kier alpha value is -2.44. The van der Waals surface area contributed by atoms with E-state index in [-0.39, 0.29) is 11.7 Å². The quantitative estimate of drug-likeness (QED) is 0.843. The van der Waals surface area contributed by atoms with E-state index >= 15 is 0 Å². The van der Waals surface area contributed by atoms with Crippen LogP contribution in [0.15, 0.2) is 24.3 Å². The molecule has 0 saturated heterocycles. The predicted octanol–water partition coefficient (Wildman–Crippen LogP) is 3.33. The van der Waals surface area contributed by atoms with Gasteiger partial charge in [-0.3, -0.25) is 9.89 Å². The van der Waals surface area contributed by atoms with Gasteiger partial charge in [-0.15, -0.1) is 0 Å². The molecule has 0 unspecified atom stereocenters. The minimum atomic E-state index is -2.87. The zero-order valence-corrected chi connectivity index (χ0v) is 14.0. The van der Waals surface area contributed by atoms with E-state index < -0.39 is 6.61 Å². The maximum atomic E-state index is 12.3. The summed E-state index contributed by atoms with van der Waals surface area (Å²) in [6.45, 7) is 1.66. The molecule has 0 fully saturated rings. The standard InChI is InChI=1S/C17H21F2N3O2/c1-11-15(12(2)21-20-11)5-4-10-22(3)16(23)13-6-8-14(9-7-13)24-17(18)19/h6-9,17H,4-5,10H2,1-3H3,(H,20,21). The average Bonchev–Trinajstić information content (AvgIpc) is 2.86. The van der Waals surface area contributed by atoms with Crippen molar-refractivity contribution < 1.29 is 18.3 Å². The number of rotatable bonds is 7. The third-order valence-electron chi connectivity index (χ3n) is 3.87. The van der Waals surface area contributed by atoms with Gasteiger partial charge in [0.15, 0.2) is 0 Å². The summed E-state index contributed by atoms with van der Waals surface area (Å²) in [6.07, 6.45) is 1.66. The number of carbonyl (C=O) groups excluding carboxylic acids is 1. The second-order valence-corrected chi connectivity index (χ2v) is 5.65. The third-order valence-corrected chi connectivity index (χ3v) is 3.87. The van der Waals surface area contributed by atoms with Crippen LogP contribution in [0.3, 0.4) is 0 Å². The Labute approximate surface area is 139 Å². The van der Waals surface area contributed by atoms with Crippen molar-refractivity contribution in [3.8, 4) is 5.75 Å². The van der Waals surface area contributed by atoms with Gasteiger partial charge in [0.05, 0.1) is 5.69 Å². The van der Waals surface area contributed by atoms with E-state index in [1.165, 1.54) is 29.8 Å². The number of alkyl halides is 2. The maximum absolute atomic E-state index is 12.3. The van der Waals surface area contributed by atoms with Gasteiger partial charge < -0.3 is 9.64 Å². The second kappa shape index (κ2) is 7.90. The summed E-state index contributed by atoms with van der Waals surface area (Å²) in [5.41, 5.74) is 3.66. The number of benzene rings is 1. The van der Waals surface area contributed by atoms with Gasteiger partial charge in [0.1, 0.15) is 5.75 Å². The van der Waals surface area contributed by atoms with Crippen LogP contribution in [0.1, 0.15) is 33.7 Å². The smallest absolute Gasteiger partial charge is 0.387 e. The number of hydrogen-bond acceptors (Lipinski definition) is 3. The summed E-state index contributed by atoms with van der Waals surface area (Å²) in [5.74, 6) is -0.116. The summed E-state index contributed by atoms with van der Waals surface area (Å²) >= 11 is 0. The second-order valence-electron chi connectivity index (χ2n) is 5.65. The summed E-state index contributed by atoms with van der Waals surface area (Å²) < 4.78 is 28.5. The molecule has 0 saturated carbocycles. The van der Waals surface area contributed by atoms with Crippen LogP contribution in [0.4, 0.5) is 8.78 Å². The zero-order valence-electron chi connectivity index (χ0n) is 14.0. The van der Waals surface area contributed by atoms with Crippen molar-refractivity contribution in [2.75, 3.05) is 13.6 Å². The summed E-state index contributed by atoms with van der Waals surface area (Å²) in [4.78, 5) is 13.9. The van der Waals surface area contributed by atoms with E-state index in [0.29, 0.717) is 12.1 Å². The maximum Gasteiger partial charge on any atom is 0.387 e. The number of nitrogens with one attached hydrogen (secondary N) is 1. The topological polar surface area (TPSA) is 58.2 Å². The molecule has 0 bridgehead atoms. The molecule has 2 aromatic rings. The lowest BCUT2D eigenvalue weighted by atomic mass is 10.1. The number of aryl methyl sites for hydroxylation is 2. The first-order valence-electron chi connectivity index (χ1n) is 7.69. The lowest BCUT2D eigenvalue weighted by Crippen LogP contribution is -2.28. The van der Waals surface area contributed by atoms with Crippen molar-refractivity contribution in [1.82, 2.24) is 15.1 Å². The van der Waals surface area contributed by atoms with Crippen LogP contribution < -0.4 is 4.74 Å². The normalized spacial score (nSPS) is 10.9. The summed E-state index contributed by atoms with van der Waals surface area (Å²) in [6, 6.07) is 5.71. The van der Waals surface area contributed by atoms with Gasteiger partial charge >= 0.3 is 6.61 Å². The molecule has 0 aliphatic rings. The molecule has 0 atom stereocenters. The first-order valence-corrected chi connectivity index (χ1v) is 7.69. The minimum Gasteiger partial charge on any atom is -0.435 e. The van der Waals surface area contributed by atoms with Crippen LogP contribution in [0.5, 0.6) is 5.75 Å². The zero-order chi connectivity index (χ0) is 17.7. The van der Waals surface area contributed by atoms with Crippen molar-refractivity contribution in [2.24, 2.45) is 0 Å². The lowest BCUT2D eigenvalue weighted by molar-refractivity contribution is -0.0498. The molecule has 1 aromatic carbocycles. The van der Waals surface area contributed by atoms with Crippen LogP contribution in [-0.2, 0) is 6.42 Å². The molecule has 24 heavy (non-hydrogen) atoms. The van der Waals surface area contributed by atoms with E-state index in [1.807, 2.05) is 13.8 Å². The molecule has 0 aliphatic heterocycles. The molecule has 5 nitrogen and oxygen atoms in total. The SMILES string of the molecule is Cc1n[nH]c(C)c1CCCN(C)C(=O)c1ccc(OC(F)F)cc1. The Morgan fingerprint density at radius 1 is 1.29 bits per heavy atom. The number of ether oxygens (including phenoxy) is 1. The Bertz CT molecular complexity index is 664. The van der Waals surface area contributed by atoms with Crippen molar-refractivity contribution >= 4 is 5.91 Å². The van der Waals surface area contributed by atoms with Gasteiger partial charge in [0.2, 0.25) is 0 Å². The number of nitrogens with zero attached hydrogens (tertiary/aromatic N) is 2. The largest absolute Gasteiger partial charge is 0.435 e. The third kappa shape index (κ3) is 4.53. The van der Waals surface area contributed by atoms with Crippen LogP contribution in [0.25, 0.3) is 0 Å². The van der Waals surface area contributed by atoms with Crippen LogP contribution in [0.2, 0.25) is 0 Å². The highest BCUT2D eigenvalue weighted by molar-refractivity contribution is 5.94. The molecule has 0 radical (unpaired) electrons. The first-order chi connectivity index (χ1) is 11.4. The van der Waals surface area contributed by atoms with Gasteiger partial charge in [-0.2, -0.15) is 13.9 Å². The molecule has 2 rings (SSSR count). The number of H-pyrrole nitrogens is 1. The van der Waals surface area contributed by atoms with Crippen molar-refractivity contribution in [3.63, 3.8) is 0 Å². The molecule has 7 heteroatoms. The fraction of sp³-hybridized carbons (Fsp3) is 0.412. The molecule has 1 heterocycles. The minimum absolute atomic E-state index is 0.0371. The van der Waals surface area contributed by atoms with Gasteiger partial charge in [0.25, 0.3) is 5.91 Å². The molecular formula is C17H21F2N3O2. The van der Waals surface area contributed by atoms with E-state index in [2.05, 4.69) is 14.9 Å². The van der Waals surface area contributed by atoms with Gasteiger partial charge in [-0.05, 0) is 56.5 Å². The number of aromatic nitrogens is 2. The molecule has 130 valence electrons. The van der Waals surface area contributed by atoms with Gasteiger partial charge in [-0.1, -0.05) is 0 Å². The van der Waals surface area contributed by atoms with Crippen molar-refractivity contribution in [1.29, 1.82) is 0 Å². The number of aromatic amines is 1. The molecule has 0 aliphatic carbocycles. The highest BCUT2D eigenvalue weighted by Gasteiger charge is 2.13. The number of carbonyl (C=O) groups is 1. The van der Waals surface area contributed by atoms with Gasteiger partial charge in [0, 0.05) is 24.8 Å². The van der Waals surface area contributed by atoms with Crippen LogP contribution in [-0.4, -0.2) is 41.2 Å². The molecule has 1 N–H and O–H groups in total. The highest BCUT2D eigenvalue weighted by atomic mass is 19.3. The Morgan fingerprint density at radius 2 is 1.96 bits per heavy atom. The van der Waals surface area contributed by atoms with Gasteiger partial charge in [-0.25, -0.2) is 0 Å². The fourth-order valence-corrected chi connectivity index (χ4v) is 2.54. The van der Waals surface area contributed by atoms with Crippen LogP contribution >= 0.6 is 0 Å². The van der Waals surface area contributed by atoms with E-state index in [4.69, 9.17) is 0 Å². The molecule has 1 amide bonds. The molecule has 1 aromatic heterocycles. The Kier molecular flexibility index (Phi) is 5.89. The van der Waals surface area contributed by atoms with E-state index in [9.17, 15) is 13.6 Å². The van der Waals surface area contributed by atoms with E-state index in [0.717, 1.165) is 24.2 Å². The molecule has 0 spiro atoms. The summed E-state index contributed by atoms with van der Waals surface area (Å²) in [7, 11) is 1.72. The van der Waals surface area contributed by atoms with Crippen molar-refractivity contribution in [3.05, 3.63) is 46.8 Å². The van der Waals surface area contributed by atoms with E-state index in [1.54, 1.807) is 11.9 Å². The highest BCUT2D eigenvalue weighted by Crippen LogP contribution is 2.16. The number of hydrogen-bond donors (Lipinski definition) is 1. The monoisotopic (exact) mass is 337 g/mol. The fourth-order valence-electron chi connectivity index (χ4n) is 2.54. The predicted molar refractivity (Wildman–Crippen MR) is 86.4 cm³/mol. The first kappa shape index (κ1) is 17.9. The Balaban J connectivity index is 1.87. The van der Waals surface area contributed by atoms with Crippen LogP contribution in [0, 0.1) is 13.8 Å². The average molecular weight is 337 g/mol. The number of halogens is 2. The molecular weight excluding hydrogens is 316 g/mol. The lowest BCUT2D eigenvalue weighted by Gasteiger charge is -2.17. The number of amides is 1. The van der Waals surface area contributed by atoms with Crippen molar-refractivity contribution in [2.45, 2.75) is 33.3 Å².